The molecule has 3 rings (SSSR count). The van der Waals surface area contributed by atoms with Crippen molar-refractivity contribution in [1.82, 2.24) is 21.3 Å². The Bertz CT molecular complexity index is 1900. The van der Waals surface area contributed by atoms with Crippen molar-refractivity contribution in [3.05, 3.63) is 0 Å². The molecule has 15 unspecified atom stereocenters. The van der Waals surface area contributed by atoms with E-state index in [-0.39, 0.29) is 222 Å². The molecule has 0 saturated carbocycles. The van der Waals surface area contributed by atoms with Crippen LogP contribution in [0.5, 0.6) is 0 Å². The molecule has 3 saturated heterocycles. The van der Waals surface area contributed by atoms with Crippen LogP contribution in [0, 0.1) is 17.8 Å². The fourth-order valence-corrected chi connectivity index (χ4v) is 10.2. The molecule has 0 aromatic rings. The fraction of sp³-hybridized carbons (Fsp3) is 0.939. The van der Waals surface area contributed by atoms with Gasteiger partial charge in [0.15, 0.2) is 18.9 Å². The van der Waals surface area contributed by atoms with Gasteiger partial charge in [0.05, 0.1) is 223 Å². The van der Waals surface area contributed by atoms with Crippen LogP contribution in [0.25, 0.3) is 0 Å². The Morgan fingerprint density at radius 1 is 0.324 bits per heavy atom. The van der Waals surface area contributed by atoms with E-state index in [1.54, 1.807) is 20.8 Å². The van der Waals surface area contributed by atoms with Gasteiger partial charge in [0, 0.05) is 69.7 Å². The Kier molecular flexibility index (Phi) is 53.6. The second-order valence-electron chi connectivity index (χ2n) is 24.7. The predicted octanol–water partition coefficient (Wildman–Crippen LogP) is -4.57. The van der Waals surface area contributed by atoms with Crippen LogP contribution >= 0.6 is 0 Å². The van der Waals surface area contributed by atoms with Gasteiger partial charge in [0.1, 0.15) is 42.2 Å². The number of aliphatic hydroxyl groups excluding tert-OH is 9. The molecule has 0 aromatic carbocycles. The lowest BCUT2D eigenvalue weighted by Gasteiger charge is -2.40. The molecule has 36 nitrogen and oxygen atoms in total. The lowest BCUT2D eigenvalue weighted by atomic mass is 9.92. The molecule has 3 heterocycles. The highest BCUT2D eigenvalue weighted by atomic mass is 16.7. The van der Waals surface area contributed by atoms with Gasteiger partial charge in [-0.05, 0) is 6.42 Å². The second kappa shape index (κ2) is 58.8. The summed E-state index contributed by atoms with van der Waals surface area (Å²) in [4.78, 5) is 52.5. The third kappa shape index (κ3) is 40.6. The van der Waals surface area contributed by atoms with Gasteiger partial charge in [-0.15, -0.1) is 0 Å². The summed E-state index contributed by atoms with van der Waals surface area (Å²) in [5, 5.41) is 101. The summed E-state index contributed by atoms with van der Waals surface area (Å²) in [5.74, 6) is -3.12. The van der Waals surface area contributed by atoms with Crippen LogP contribution in [0.2, 0.25) is 0 Å². The molecule has 0 spiro atoms. The molecule has 102 heavy (non-hydrogen) atoms. The van der Waals surface area contributed by atoms with Crippen molar-refractivity contribution >= 4 is 23.6 Å². The molecule has 4 amide bonds. The van der Waals surface area contributed by atoms with Crippen molar-refractivity contribution in [3.63, 3.8) is 0 Å². The number of rotatable bonds is 65. The van der Waals surface area contributed by atoms with Crippen molar-refractivity contribution in [2.45, 2.75) is 152 Å². The van der Waals surface area contributed by atoms with Gasteiger partial charge >= 0.3 is 0 Å². The molecule has 0 bridgehead atoms. The highest BCUT2D eigenvalue weighted by molar-refractivity contribution is 5.77. The van der Waals surface area contributed by atoms with Gasteiger partial charge in [-0.1, -0.05) is 40.5 Å². The van der Waals surface area contributed by atoms with Crippen molar-refractivity contribution in [2.75, 3.05) is 231 Å². The lowest BCUT2D eigenvalue weighted by molar-refractivity contribution is -0.284. The zero-order chi connectivity index (χ0) is 74.4. The molecule has 0 aliphatic carbocycles. The van der Waals surface area contributed by atoms with Gasteiger partial charge in [-0.2, -0.15) is 0 Å². The Balaban J connectivity index is 1.50. The standard InChI is InChI=1S/C66H124N4O32/c1-5-6-7-15-84-23-28-89-33-34-90-29-24-85-16-11-56(77)70-66(44-94-17-8-53(74)67-12-20-86-25-30-91-35-38-97-63-47(2)57(78)60(81)50(41-71)100-63,45-95-18-9-54(75)68-13-21-87-26-31-92-36-39-98-64-48(3)58(79)61(82)51(42-72)101-64)46-96-19-10-55(76)69-14-22-88-27-32-93-37-40-99-65-49(4)59(80)62(83)52(43-73)102-65/h47-52,57-65,71-73,78-83H,5-46H2,1-4H3,(H,67,74)(H,68,75)(H,69,76)(H,70,77). The minimum absolute atomic E-state index is 0.0236. The zero-order valence-corrected chi connectivity index (χ0v) is 60.3. The van der Waals surface area contributed by atoms with E-state index in [2.05, 4.69) is 28.2 Å². The van der Waals surface area contributed by atoms with Crippen LogP contribution in [-0.2, 0) is 109 Å². The number of carbonyl (C=O) groups is 4. The van der Waals surface area contributed by atoms with Crippen molar-refractivity contribution < 1.29 is 155 Å². The molecular weight excluding hydrogens is 1360 g/mol. The van der Waals surface area contributed by atoms with E-state index in [0.717, 1.165) is 19.3 Å². The maximum atomic E-state index is 13.8. The summed E-state index contributed by atoms with van der Waals surface area (Å²) >= 11 is 0. The largest absolute Gasteiger partial charge is 0.394 e. The van der Waals surface area contributed by atoms with Crippen LogP contribution in [0.3, 0.4) is 0 Å². The van der Waals surface area contributed by atoms with Gasteiger partial charge in [0.2, 0.25) is 23.6 Å². The number of amides is 4. The molecule has 0 radical (unpaired) electrons. The molecule has 3 aliphatic heterocycles. The van der Waals surface area contributed by atoms with Crippen molar-refractivity contribution in [1.29, 1.82) is 0 Å². The summed E-state index contributed by atoms with van der Waals surface area (Å²) < 4.78 is 108. The van der Waals surface area contributed by atoms with E-state index in [0.29, 0.717) is 33.0 Å². The normalized spacial score (nSPS) is 25.8. The lowest BCUT2D eigenvalue weighted by Crippen LogP contribution is -2.59. The number of ether oxygens (including phenoxy) is 19. The number of hydrogen-bond donors (Lipinski definition) is 13. The molecule has 15 atom stereocenters. The summed E-state index contributed by atoms with van der Waals surface area (Å²) in [7, 11) is 0. The minimum atomic E-state index is -1.42. The van der Waals surface area contributed by atoms with Crippen LogP contribution in [0.4, 0.5) is 0 Å². The molecule has 3 fully saturated rings. The molecule has 13 N–H and O–H groups in total. The first-order valence-corrected chi connectivity index (χ1v) is 35.8. The summed E-state index contributed by atoms with van der Waals surface area (Å²) in [6, 6.07) is 0. The van der Waals surface area contributed by atoms with Crippen LogP contribution in [0.1, 0.15) is 72.6 Å². The van der Waals surface area contributed by atoms with Crippen molar-refractivity contribution in [3.8, 4) is 0 Å². The van der Waals surface area contributed by atoms with Crippen LogP contribution < -0.4 is 21.3 Å². The van der Waals surface area contributed by atoms with Gasteiger partial charge in [-0.25, -0.2) is 0 Å². The number of unbranched alkanes of at least 4 members (excludes halogenated alkanes) is 2. The average Bonchev–Trinajstić information content (AvgIpc) is 0.834. The number of hydrogen-bond acceptors (Lipinski definition) is 32. The van der Waals surface area contributed by atoms with E-state index in [1.807, 2.05) is 0 Å². The smallest absolute Gasteiger partial charge is 0.222 e. The van der Waals surface area contributed by atoms with E-state index in [1.165, 1.54) is 0 Å². The second-order valence-corrected chi connectivity index (χ2v) is 24.7. The Hall–Kier alpha value is -3.24. The highest BCUT2D eigenvalue weighted by Crippen LogP contribution is 2.29. The summed E-state index contributed by atoms with van der Waals surface area (Å²) in [6.07, 6.45) is -9.57. The zero-order valence-electron chi connectivity index (χ0n) is 60.3. The molecule has 36 heteroatoms. The maximum absolute atomic E-state index is 13.8. The molecule has 3 aliphatic rings. The quantitative estimate of drug-likeness (QED) is 0.0255. The van der Waals surface area contributed by atoms with Gasteiger partial charge in [0.25, 0.3) is 0 Å². The molecule has 600 valence electrons. The monoisotopic (exact) mass is 1480 g/mol. The van der Waals surface area contributed by atoms with E-state index in [4.69, 9.17) is 90.0 Å². The van der Waals surface area contributed by atoms with Crippen LogP contribution in [-0.4, -0.2) is 380 Å². The Morgan fingerprint density at radius 3 is 0.873 bits per heavy atom. The Labute approximate surface area is 599 Å². The number of aliphatic hydroxyl groups is 9. The van der Waals surface area contributed by atoms with E-state index in [9.17, 15) is 65.1 Å². The third-order valence-electron chi connectivity index (χ3n) is 16.4. The number of nitrogens with one attached hydrogen (secondary N) is 4. The maximum Gasteiger partial charge on any atom is 0.222 e. The SMILES string of the molecule is CCCCCOCCOCCOCCOCCC(=O)NC(COCCC(=O)NCCOCCOCCOC1OC(CO)C(O)C(O)C1C)(COCCC(=O)NCCOCCOCCOC1OC(CO)C(O)C(O)C1C)COCCC(=O)NCCOCCOCCOC1OC(CO)C(O)C(O)C1C. The topological polar surface area (TPSA) is 474 Å². The van der Waals surface area contributed by atoms with Crippen molar-refractivity contribution in [2.24, 2.45) is 17.8 Å². The number of carbonyl (C=O) groups excluding carboxylic acids is 4. The molecular formula is C66H124N4O32. The predicted molar refractivity (Wildman–Crippen MR) is 357 cm³/mol. The van der Waals surface area contributed by atoms with Gasteiger partial charge in [-0.3, -0.25) is 19.2 Å². The first-order valence-electron chi connectivity index (χ1n) is 35.8. The summed E-state index contributed by atoms with van der Waals surface area (Å²) in [6.45, 7) is 10.9. The Morgan fingerprint density at radius 2 is 0.578 bits per heavy atom. The summed E-state index contributed by atoms with van der Waals surface area (Å²) in [5.41, 5.74) is -1.42. The fourth-order valence-electron chi connectivity index (χ4n) is 10.2. The minimum Gasteiger partial charge on any atom is -0.394 e. The molecule has 0 aromatic heterocycles. The van der Waals surface area contributed by atoms with E-state index < -0.39 is 123 Å². The first kappa shape index (κ1) is 93.0. The highest BCUT2D eigenvalue weighted by Gasteiger charge is 2.45. The van der Waals surface area contributed by atoms with E-state index >= 15 is 0 Å². The van der Waals surface area contributed by atoms with Gasteiger partial charge < -0.3 is 157 Å². The first-order chi connectivity index (χ1) is 49.4. The average molecular weight is 1490 g/mol. The van der Waals surface area contributed by atoms with Crippen LogP contribution in [0.15, 0.2) is 0 Å². The third-order valence-corrected chi connectivity index (χ3v) is 16.4.